The van der Waals surface area contributed by atoms with Crippen molar-refractivity contribution in [3.8, 4) is 11.4 Å². The highest BCUT2D eigenvalue weighted by atomic mass is 16.5. The highest BCUT2D eigenvalue weighted by Gasteiger charge is 2.11. The molecular weight excluding hydrogens is 290 g/mol. The Balaban J connectivity index is 1.63. The van der Waals surface area contributed by atoms with Crippen molar-refractivity contribution in [2.45, 2.75) is 13.3 Å². The number of rotatable bonds is 3. The first-order valence-corrected chi connectivity index (χ1v) is 7.37. The first kappa shape index (κ1) is 13.6. The molecule has 2 heterocycles. The van der Waals surface area contributed by atoms with Crippen LogP contribution in [-0.2, 0) is 13.5 Å². The molecule has 2 aromatic heterocycles. The van der Waals surface area contributed by atoms with Gasteiger partial charge in [-0.05, 0) is 30.7 Å². The van der Waals surface area contributed by atoms with Crippen LogP contribution in [0.4, 0.5) is 0 Å². The van der Waals surface area contributed by atoms with Crippen molar-refractivity contribution in [3.05, 3.63) is 59.5 Å². The molecule has 4 rings (SSSR count). The summed E-state index contributed by atoms with van der Waals surface area (Å²) < 4.78 is 7.11. The fraction of sp³-hybridized carbons (Fsp3) is 0.176. The van der Waals surface area contributed by atoms with E-state index in [0.29, 0.717) is 18.1 Å². The normalized spacial score (nSPS) is 11.2. The zero-order valence-corrected chi connectivity index (χ0v) is 12.9. The number of hydrogen-bond acceptors (Lipinski definition) is 5. The largest absolute Gasteiger partial charge is 0.339 e. The molecule has 0 N–H and O–H groups in total. The third-order valence-corrected chi connectivity index (χ3v) is 3.81. The topological polar surface area (TPSA) is 69.6 Å². The van der Waals surface area contributed by atoms with E-state index < -0.39 is 0 Å². The van der Waals surface area contributed by atoms with E-state index in [1.165, 1.54) is 5.56 Å². The predicted octanol–water partition coefficient (Wildman–Crippen LogP) is 2.92. The second kappa shape index (κ2) is 5.31. The molecule has 0 aliphatic carbocycles. The van der Waals surface area contributed by atoms with E-state index in [1.807, 2.05) is 25.2 Å². The van der Waals surface area contributed by atoms with Crippen molar-refractivity contribution < 1.29 is 4.52 Å². The molecule has 0 saturated carbocycles. The summed E-state index contributed by atoms with van der Waals surface area (Å²) in [5.41, 5.74) is 5.06. The molecule has 0 fully saturated rings. The van der Waals surface area contributed by atoms with E-state index in [2.05, 4.69) is 51.6 Å². The molecule has 2 aromatic carbocycles. The Hall–Kier alpha value is -3.02. The minimum absolute atomic E-state index is 0.579. The lowest BCUT2D eigenvalue weighted by atomic mass is 10.1. The fourth-order valence-electron chi connectivity index (χ4n) is 2.49. The van der Waals surface area contributed by atoms with Crippen LogP contribution >= 0.6 is 0 Å². The zero-order valence-electron chi connectivity index (χ0n) is 12.9. The summed E-state index contributed by atoms with van der Waals surface area (Å²) in [6.07, 6.45) is 0.628. The SMILES string of the molecule is Cc1ccc(Cc2nc(-c3ccc4nnn(C)c4c3)no2)cc1. The van der Waals surface area contributed by atoms with Gasteiger partial charge in [-0.3, -0.25) is 0 Å². The van der Waals surface area contributed by atoms with Gasteiger partial charge in [-0.1, -0.05) is 40.2 Å². The Morgan fingerprint density at radius 3 is 2.74 bits per heavy atom. The van der Waals surface area contributed by atoms with Gasteiger partial charge in [0.05, 0.1) is 11.9 Å². The maximum atomic E-state index is 5.38. The standard InChI is InChI=1S/C17H15N5O/c1-11-3-5-12(6-4-11)9-16-18-17(20-23-16)13-7-8-14-15(10-13)22(2)21-19-14/h3-8,10H,9H2,1-2H3. The molecule has 6 heteroatoms. The Morgan fingerprint density at radius 2 is 1.91 bits per heavy atom. The van der Waals surface area contributed by atoms with Gasteiger partial charge in [0.1, 0.15) is 5.52 Å². The van der Waals surface area contributed by atoms with E-state index in [0.717, 1.165) is 22.2 Å². The average molecular weight is 305 g/mol. The summed E-state index contributed by atoms with van der Waals surface area (Å²) in [7, 11) is 1.86. The summed E-state index contributed by atoms with van der Waals surface area (Å²) in [6.45, 7) is 2.07. The van der Waals surface area contributed by atoms with Crippen molar-refractivity contribution in [2.75, 3.05) is 0 Å². The lowest BCUT2D eigenvalue weighted by Gasteiger charge is -1.97. The number of aromatic nitrogens is 5. The number of hydrogen-bond donors (Lipinski definition) is 0. The van der Waals surface area contributed by atoms with E-state index >= 15 is 0 Å². The maximum Gasteiger partial charge on any atom is 0.231 e. The molecule has 0 radical (unpaired) electrons. The molecule has 0 spiro atoms. The van der Waals surface area contributed by atoms with Crippen LogP contribution in [0.25, 0.3) is 22.4 Å². The highest BCUT2D eigenvalue weighted by Crippen LogP contribution is 2.21. The summed E-state index contributed by atoms with van der Waals surface area (Å²) in [4.78, 5) is 4.49. The van der Waals surface area contributed by atoms with Crippen molar-refractivity contribution in [3.63, 3.8) is 0 Å². The maximum absolute atomic E-state index is 5.38. The molecule has 0 amide bonds. The smallest absolute Gasteiger partial charge is 0.231 e. The minimum Gasteiger partial charge on any atom is -0.339 e. The van der Waals surface area contributed by atoms with Crippen molar-refractivity contribution in [1.82, 2.24) is 25.1 Å². The molecule has 0 aliphatic heterocycles. The summed E-state index contributed by atoms with van der Waals surface area (Å²) in [5.74, 6) is 1.18. The van der Waals surface area contributed by atoms with E-state index in [1.54, 1.807) is 4.68 Å². The van der Waals surface area contributed by atoms with Crippen LogP contribution in [0, 0.1) is 6.92 Å². The third kappa shape index (κ3) is 2.59. The van der Waals surface area contributed by atoms with Gasteiger partial charge in [0.25, 0.3) is 0 Å². The van der Waals surface area contributed by atoms with Crippen LogP contribution in [-0.4, -0.2) is 25.1 Å². The number of aryl methyl sites for hydroxylation is 2. The average Bonchev–Trinajstić information content (AvgIpc) is 3.17. The first-order chi connectivity index (χ1) is 11.2. The van der Waals surface area contributed by atoms with Gasteiger partial charge in [-0.25, -0.2) is 4.68 Å². The monoisotopic (exact) mass is 305 g/mol. The lowest BCUT2D eigenvalue weighted by Crippen LogP contribution is -1.90. The van der Waals surface area contributed by atoms with Gasteiger partial charge in [0, 0.05) is 12.6 Å². The second-order valence-electron chi connectivity index (χ2n) is 5.59. The predicted molar refractivity (Wildman–Crippen MR) is 85.8 cm³/mol. The number of fused-ring (bicyclic) bond motifs is 1. The lowest BCUT2D eigenvalue weighted by molar-refractivity contribution is 0.385. The molecule has 114 valence electrons. The van der Waals surface area contributed by atoms with Gasteiger partial charge in [0.15, 0.2) is 0 Å². The Labute approximate surface area is 132 Å². The van der Waals surface area contributed by atoms with Crippen molar-refractivity contribution in [1.29, 1.82) is 0 Å². The van der Waals surface area contributed by atoms with Crippen LogP contribution in [0.3, 0.4) is 0 Å². The van der Waals surface area contributed by atoms with Crippen LogP contribution in [0.2, 0.25) is 0 Å². The van der Waals surface area contributed by atoms with E-state index in [-0.39, 0.29) is 0 Å². The molecule has 0 bridgehead atoms. The molecule has 0 aliphatic rings. The van der Waals surface area contributed by atoms with E-state index in [9.17, 15) is 0 Å². The van der Waals surface area contributed by atoms with Crippen molar-refractivity contribution >= 4 is 11.0 Å². The highest BCUT2D eigenvalue weighted by molar-refractivity contribution is 5.79. The van der Waals surface area contributed by atoms with Gasteiger partial charge in [-0.15, -0.1) is 5.10 Å². The molecule has 0 saturated heterocycles. The molecule has 0 atom stereocenters. The van der Waals surface area contributed by atoms with E-state index in [4.69, 9.17) is 4.52 Å². The Morgan fingerprint density at radius 1 is 1.09 bits per heavy atom. The van der Waals surface area contributed by atoms with Crippen LogP contribution in [0.1, 0.15) is 17.0 Å². The summed E-state index contributed by atoms with van der Waals surface area (Å²) >= 11 is 0. The number of benzene rings is 2. The van der Waals surface area contributed by atoms with Crippen LogP contribution in [0.5, 0.6) is 0 Å². The zero-order chi connectivity index (χ0) is 15.8. The molecule has 4 aromatic rings. The van der Waals surface area contributed by atoms with Gasteiger partial charge < -0.3 is 4.52 Å². The van der Waals surface area contributed by atoms with Gasteiger partial charge in [0.2, 0.25) is 11.7 Å². The minimum atomic E-state index is 0.579. The Kier molecular flexibility index (Phi) is 3.15. The second-order valence-corrected chi connectivity index (χ2v) is 5.59. The fourth-order valence-corrected chi connectivity index (χ4v) is 2.49. The molecule has 23 heavy (non-hydrogen) atoms. The molecule has 6 nitrogen and oxygen atoms in total. The van der Waals surface area contributed by atoms with Crippen LogP contribution in [0.15, 0.2) is 47.0 Å². The molecule has 0 unspecified atom stereocenters. The van der Waals surface area contributed by atoms with Gasteiger partial charge in [-0.2, -0.15) is 4.98 Å². The first-order valence-electron chi connectivity index (χ1n) is 7.37. The quantitative estimate of drug-likeness (QED) is 0.582. The van der Waals surface area contributed by atoms with Crippen LogP contribution < -0.4 is 0 Å². The summed E-state index contributed by atoms with van der Waals surface area (Å²) in [5, 5.41) is 12.2. The van der Waals surface area contributed by atoms with Gasteiger partial charge >= 0.3 is 0 Å². The Bertz CT molecular complexity index is 968. The molecular formula is C17H15N5O. The summed E-state index contributed by atoms with van der Waals surface area (Å²) in [6, 6.07) is 14.1. The number of nitrogens with zero attached hydrogens (tertiary/aromatic N) is 5. The van der Waals surface area contributed by atoms with Crippen molar-refractivity contribution in [2.24, 2.45) is 7.05 Å². The third-order valence-electron chi connectivity index (χ3n) is 3.81.